The number of nitrogens with one attached hydrogen (secondary N) is 1. The summed E-state index contributed by atoms with van der Waals surface area (Å²) < 4.78 is 0. The van der Waals surface area contributed by atoms with Gasteiger partial charge in [-0.3, -0.25) is 0 Å². The summed E-state index contributed by atoms with van der Waals surface area (Å²) in [5.74, 6) is 2.33. The molecule has 2 rings (SSSR count). The van der Waals surface area contributed by atoms with Crippen molar-refractivity contribution in [3.05, 3.63) is 18.0 Å². The molecule has 2 heterocycles. The predicted octanol–water partition coefficient (Wildman–Crippen LogP) is 2.96. The molecule has 0 aliphatic carbocycles. The normalized spacial score (nSPS) is 17.6. The molecule has 1 fully saturated rings. The molecule has 0 saturated carbocycles. The maximum atomic E-state index is 4.29. The van der Waals surface area contributed by atoms with Crippen molar-refractivity contribution in [2.45, 2.75) is 40.0 Å². The molecule has 1 aromatic rings. The SMILES string of the molecule is Cc1cnc(NCC2CCN(CCC(C)C)CC2)nc1. The molecular formula is C16H28N4. The van der Waals surface area contributed by atoms with Crippen LogP contribution in [0.5, 0.6) is 0 Å². The summed E-state index contributed by atoms with van der Waals surface area (Å²) in [5, 5.41) is 3.37. The number of hydrogen-bond acceptors (Lipinski definition) is 4. The molecule has 112 valence electrons. The monoisotopic (exact) mass is 276 g/mol. The summed E-state index contributed by atoms with van der Waals surface area (Å²) in [6.07, 6.45) is 7.63. The summed E-state index contributed by atoms with van der Waals surface area (Å²) in [7, 11) is 0. The third-order valence-corrected chi connectivity index (χ3v) is 4.06. The first kappa shape index (κ1) is 15.2. The van der Waals surface area contributed by atoms with Gasteiger partial charge in [0.05, 0.1) is 0 Å². The van der Waals surface area contributed by atoms with Crippen molar-refractivity contribution >= 4 is 5.95 Å². The van der Waals surface area contributed by atoms with Gasteiger partial charge in [-0.05, 0) is 63.2 Å². The van der Waals surface area contributed by atoms with Gasteiger partial charge in [-0.25, -0.2) is 9.97 Å². The second-order valence-corrected chi connectivity index (χ2v) is 6.43. The number of aromatic nitrogens is 2. The molecule has 1 aromatic heterocycles. The largest absolute Gasteiger partial charge is 0.354 e. The van der Waals surface area contributed by atoms with Gasteiger partial charge >= 0.3 is 0 Å². The van der Waals surface area contributed by atoms with E-state index in [0.29, 0.717) is 0 Å². The molecule has 0 radical (unpaired) electrons. The Bertz CT molecular complexity index is 380. The van der Waals surface area contributed by atoms with Gasteiger partial charge in [-0.1, -0.05) is 13.8 Å². The number of hydrogen-bond donors (Lipinski definition) is 1. The van der Waals surface area contributed by atoms with E-state index >= 15 is 0 Å². The second-order valence-electron chi connectivity index (χ2n) is 6.43. The number of likely N-dealkylation sites (tertiary alicyclic amines) is 1. The third-order valence-electron chi connectivity index (χ3n) is 4.06. The Morgan fingerprint density at radius 1 is 1.25 bits per heavy atom. The highest BCUT2D eigenvalue weighted by Crippen LogP contribution is 2.18. The van der Waals surface area contributed by atoms with E-state index in [1.807, 2.05) is 19.3 Å². The Hall–Kier alpha value is -1.16. The molecule has 1 saturated heterocycles. The van der Waals surface area contributed by atoms with Gasteiger partial charge in [-0.15, -0.1) is 0 Å². The van der Waals surface area contributed by atoms with E-state index in [0.717, 1.165) is 29.9 Å². The highest BCUT2D eigenvalue weighted by molar-refractivity contribution is 5.24. The summed E-state index contributed by atoms with van der Waals surface area (Å²) in [4.78, 5) is 11.2. The average Bonchev–Trinajstić information content (AvgIpc) is 2.45. The number of aryl methyl sites for hydroxylation is 1. The third kappa shape index (κ3) is 5.08. The van der Waals surface area contributed by atoms with Crippen LogP contribution in [-0.4, -0.2) is 41.0 Å². The van der Waals surface area contributed by atoms with E-state index in [2.05, 4.69) is 34.0 Å². The molecule has 0 spiro atoms. The number of anilines is 1. The highest BCUT2D eigenvalue weighted by atomic mass is 15.1. The average molecular weight is 276 g/mol. The van der Waals surface area contributed by atoms with Gasteiger partial charge < -0.3 is 10.2 Å². The molecule has 0 amide bonds. The zero-order chi connectivity index (χ0) is 14.4. The Morgan fingerprint density at radius 2 is 1.90 bits per heavy atom. The lowest BCUT2D eigenvalue weighted by atomic mass is 9.96. The minimum absolute atomic E-state index is 0.759. The predicted molar refractivity (Wildman–Crippen MR) is 83.9 cm³/mol. The zero-order valence-corrected chi connectivity index (χ0v) is 13.1. The lowest BCUT2D eigenvalue weighted by molar-refractivity contribution is 0.181. The van der Waals surface area contributed by atoms with E-state index in [1.165, 1.54) is 38.9 Å². The lowest BCUT2D eigenvalue weighted by Gasteiger charge is -2.32. The van der Waals surface area contributed by atoms with Crippen LogP contribution in [0.4, 0.5) is 5.95 Å². The van der Waals surface area contributed by atoms with Crippen molar-refractivity contribution in [1.29, 1.82) is 0 Å². The molecule has 0 aromatic carbocycles. The first-order valence-electron chi connectivity index (χ1n) is 7.88. The molecule has 4 heteroatoms. The highest BCUT2D eigenvalue weighted by Gasteiger charge is 2.19. The van der Waals surface area contributed by atoms with E-state index in [1.54, 1.807) is 0 Å². The summed E-state index contributed by atoms with van der Waals surface area (Å²) in [6.45, 7) is 11.4. The van der Waals surface area contributed by atoms with Crippen LogP contribution in [0.1, 0.15) is 38.7 Å². The molecule has 1 aliphatic rings. The summed E-state index contributed by atoms with van der Waals surface area (Å²) in [5.41, 5.74) is 1.11. The van der Waals surface area contributed by atoms with Crippen LogP contribution in [-0.2, 0) is 0 Å². The number of rotatable bonds is 6. The van der Waals surface area contributed by atoms with Gasteiger partial charge in [-0.2, -0.15) is 0 Å². The Kier molecular flexibility index (Phi) is 5.77. The van der Waals surface area contributed by atoms with E-state index in [4.69, 9.17) is 0 Å². The van der Waals surface area contributed by atoms with Crippen LogP contribution in [0.15, 0.2) is 12.4 Å². The van der Waals surface area contributed by atoms with E-state index < -0.39 is 0 Å². The zero-order valence-electron chi connectivity index (χ0n) is 13.1. The fraction of sp³-hybridized carbons (Fsp3) is 0.750. The second kappa shape index (κ2) is 7.58. The van der Waals surface area contributed by atoms with E-state index in [9.17, 15) is 0 Å². The molecule has 4 nitrogen and oxygen atoms in total. The lowest BCUT2D eigenvalue weighted by Crippen LogP contribution is -2.36. The molecular weight excluding hydrogens is 248 g/mol. The van der Waals surface area contributed by atoms with Gasteiger partial charge in [0.25, 0.3) is 0 Å². The van der Waals surface area contributed by atoms with Crippen LogP contribution in [0.2, 0.25) is 0 Å². The smallest absolute Gasteiger partial charge is 0.222 e. The van der Waals surface area contributed by atoms with Crippen molar-refractivity contribution in [3.8, 4) is 0 Å². The van der Waals surface area contributed by atoms with Gasteiger partial charge in [0.2, 0.25) is 5.95 Å². The first-order chi connectivity index (χ1) is 9.63. The fourth-order valence-electron chi connectivity index (χ4n) is 2.57. The molecule has 1 N–H and O–H groups in total. The molecule has 0 unspecified atom stereocenters. The molecule has 20 heavy (non-hydrogen) atoms. The van der Waals surface area contributed by atoms with Crippen LogP contribution < -0.4 is 5.32 Å². The molecule has 0 atom stereocenters. The van der Waals surface area contributed by atoms with E-state index in [-0.39, 0.29) is 0 Å². The van der Waals surface area contributed by atoms with Crippen molar-refractivity contribution in [2.24, 2.45) is 11.8 Å². The maximum absolute atomic E-state index is 4.29. The van der Waals surface area contributed by atoms with Crippen molar-refractivity contribution < 1.29 is 0 Å². The summed E-state index contributed by atoms with van der Waals surface area (Å²) >= 11 is 0. The topological polar surface area (TPSA) is 41.1 Å². The maximum Gasteiger partial charge on any atom is 0.222 e. The summed E-state index contributed by atoms with van der Waals surface area (Å²) in [6, 6.07) is 0. The van der Waals surface area contributed by atoms with Crippen molar-refractivity contribution in [2.75, 3.05) is 31.5 Å². The van der Waals surface area contributed by atoms with Gasteiger partial charge in [0.1, 0.15) is 0 Å². The Morgan fingerprint density at radius 3 is 2.50 bits per heavy atom. The molecule has 0 bridgehead atoms. The van der Waals surface area contributed by atoms with Crippen LogP contribution in [0.3, 0.4) is 0 Å². The fourth-order valence-corrected chi connectivity index (χ4v) is 2.57. The standard InChI is InChI=1S/C16H28N4/c1-13(2)4-7-20-8-5-15(6-9-20)12-19-16-17-10-14(3)11-18-16/h10-11,13,15H,4-9,12H2,1-3H3,(H,17,18,19). The molecule has 1 aliphatic heterocycles. The van der Waals surface area contributed by atoms with Crippen LogP contribution in [0.25, 0.3) is 0 Å². The first-order valence-corrected chi connectivity index (χ1v) is 7.88. The van der Waals surface area contributed by atoms with Crippen molar-refractivity contribution in [1.82, 2.24) is 14.9 Å². The van der Waals surface area contributed by atoms with Crippen LogP contribution in [0, 0.1) is 18.8 Å². The minimum atomic E-state index is 0.759. The van der Waals surface area contributed by atoms with Gasteiger partial charge in [0, 0.05) is 18.9 Å². The Labute approximate surface area is 123 Å². The van der Waals surface area contributed by atoms with Gasteiger partial charge in [0.15, 0.2) is 0 Å². The number of piperidine rings is 1. The number of nitrogens with zero attached hydrogens (tertiary/aromatic N) is 3. The minimum Gasteiger partial charge on any atom is -0.354 e. The van der Waals surface area contributed by atoms with Crippen molar-refractivity contribution in [3.63, 3.8) is 0 Å². The quantitative estimate of drug-likeness (QED) is 0.867. The Balaban J connectivity index is 1.65. The van der Waals surface area contributed by atoms with Crippen LogP contribution >= 0.6 is 0 Å².